The van der Waals surface area contributed by atoms with E-state index >= 15 is 0 Å². The van der Waals surface area contributed by atoms with Crippen LogP contribution in [0.2, 0.25) is 5.02 Å². The number of hydrogen-bond acceptors (Lipinski definition) is 7. The number of carbonyl (C=O) groups excluding carboxylic acids is 2. The van der Waals surface area contributed by atoms with Gasteiger partial charge in [0.15, 0.2) is 0 Å². The fourth-order valence-electron chi connectivity index (χ4n) is 1.98. The van der Waals surface area contributed by atoms with Crippen molar-refractivity contribution >= 4 is 39.9 Å². The molecule has 0 fully saturated rings. The third-order valence-corrected chi connectivity index (χ3v) is 4.38. The van der Waals surface area contributed by atoms with E-state index in [-0.39, 0.29) is 38.2 Å². The second-order valence-electron chi connectivity index (χ2n) is 4.68. The lowest BCUT2D eigenvalue weighted by atomic mass is 10.1. The van der Waals surface area contributed by atoms with Gasteiger partial charge in [-0.15, -0.1) is 11.3 Å². The van der Waals surface area contributed by atoms with E-state index < -0.39 is 24.4 Å². The van der Waals surface area contributed by atoms with E-state index in [1.54, 1.807) is 6.92 Å². The van der Waals surface area contributed by atoms with Crippen molar-refractivity contribution < 1.29 is 23.5 Å². The van der Waals surface area contributed by atoms with E-state index in [0.29, 0.717) is 0 Å². The molecule has 2 N–H and O–H groups in total. The maximum atomic E-state index is 13.7. The Balaban J connectivity index is 2.28. The molecular weight excluding hydrogens is 371 g/mol. The molecule has 1 heterocycles. The van der Waals surface area contributed by atoms with Crippen LogP contribution < -0.4 is 5.73 Å². The van der Waals surface area contributed by atoms with Crippen molar-refractivity contribution in [1.82, 2.24) is 0 Å². The van der Waals surface area contributed by atoms with Crippen LogP contribution in [0, 0.1) is 17.1 Å². The van der Waals surface area contributed by atoms with Gasteiger partial charge >= 0.3 is 11.9 Å². The van der Waals surface area contributed by atoms with Gasteiger partial charge in [0.25, 0.3) is 0 Å². The summed E-state index contributed by atoms with van der Waals surface area (Å²) in [5.41, 5.74) is 5.51. The van der Waals surface area contributed by atoms with Gasteiger partial charge in [-0.25, -0.2) is 14.0 Å². The molecule has 1 aromatic heterocycles. The molecule has 0 radical (unpaired) electrons. The molecule has 1 aromatic carbocycles. The number of rotatable bonds is 5. The molecule has 0 aliphatic heterocycles. The number of nitriles is 1. The van der Waals surface area contributed by atoms with Crippen LogP contribution >= 0.6 is 22.9 Å². The molecule has 6 nitrogen and oxygen atoms in total. The first-order chi connectivity index (χ1) is 11.9. The van der Waals surface area contributed by atoms with Crippen molar-refractivity contribution in [2.45, 2.75) is 13.5 Å². The first kappa shape index (κ1) is 18.7. The maximum absolute atomic E-state index is 13.7. The molecular formula is C16H12ClFN2O4S. The van der Waals surface area contributed by atoms with E-state index in [1.807, 2.05) is 6.07 Å². The van der Waals surface area contributed by atoms with Crippen molar-refractivity contribution in [1.29, 1.82) is 5.26 Å². The third-order valence-electron chi connectivity index (χ3n) is 3.10. The number of nitrogen functional groups attached to an aromatic ring is 1. The molecule has 0 atom stereocenters. The molecule has 0 amide bonds. The lowest BCUT2D eigenvalue weighted by Gasteiger charge is -2.07. The monoisotopic (exact) mass is 382 g/mol. The van der Waals surface area contributed by atoms with Gasteiger partial charge in [0.05, 0.1) is 17.7 Å². The normalized spacial score (nSPS) is 10.2. The maximum Gasteiger partial charge on any atom is 0.348 e. The van der Waals surface area contributed by atoms with E-state index in [9.17, 15) is 19.2 Å². The van der Waals surface area contributed by atoms with Crippen molar-refractivity contribution in [3.05, 3.63) is 50.6 Å². The Kier molecular flexibility index (Phi) is 5.96. The van der Waals surface area contributed by atoms with E-state index in [4.69, 9.17) is 26.8 Å². The number of ether oxygens (including phenoxy) is 2. The molecule has 2 rings (SSSR count). The number of carbonyl (C=O) groups is 2. The number of thiophene rings is 1. The van der Waals surface area contributed by atoms with Crippen LogP contribution in [-0.2, 0) is 16.1 Å². The quantitative estimate of drug-likeness (QED) is 0.793. The summed E-state index contributed by atoms with van der Waals surface area (Å²) in [5.74, 6) is -2.46. The number of halogens is 2. The number of benzene rings is 1. The van der Waals surface area contributed by atoms with Crippen molar-refractivity contribution in [3.63, 3.8) is 0 Å². The summed E-state index contributed by atoms with van der Waals surface area (Å²) in [5, 5.41) is 9.46. The molecule has 0 aliphatic carbocycles. The van der Waals surface area contributed by atoms with Crippen LogP contribution in [0.25, 0.3) is 0 Å². The molecule has 25 heavy (non-hydrogen) atoms. The molecule has 0 spiro atoms. The van der Waals surface area contributed by atoms with Gasteiger partial charge in [0.1, 0.15) is 28.4 Å². The molecule has 0 aliphatic rings. The summed E-state index contributed by atoms with van der Waals surface area (Å²) in [6.45, 7) is 1.32. The molecule has 0 saturated carbocycles. The lowest BCUT2D eigenvalue weighted by Crippen LogP contribution is -2.11. The highest BCUT2D eigenvalue weighted by Gasteiger charge is 2.24. The number of hydrogen-bond donors (Lipinski definition) is 1. The standard InChI is InChI=1S/C16H12ClFN2O4S/c1-2-23-16(22)13-11(10(6-19)14(20)25-13)7-24-15(21)9-5-8(17)3-4-12(9)18/h3-5H,2,7,20H2,1H3. The Bertz CT molecular complexity index is 876. The van der Waals surface area contributed by atoms with Gasteiger partial charge in [-0.3, -0.25) is 0 Å². The Morgan fingerprint density at radius 3 is 2.72 bits per heavy atom. The van der Waals surface area contributed by atoms with Crippen LogP contribution in [0.4, 0.5) is 9.39 Å². The number of anilines is 1. The zero-order valence-electron chi connectivity index (χ0n) is 13.0. The van der Waals surface area contributed by atoms with Crippen molar-refractivity contribution in [2.75, 3.05) is 12.3 Å². The van der Waals surface area contributed by atoms with Crippen molar-refractivity contribution in [2.24, 2.45) is 0 Å². The SMILES string of the molecule is CCOC(=O)c1sc(N)c(C#N)c1COC(=O)c1cc(Cl)ccc1F. The van der Waals surface area contributed by atoms with Gasteiger partial charge in [-0.05, 0) is 25.1 Å². The summed E-state index contributed by atoms with van der Waals surface area (Å²) in [4.78, 5) is 24.1. The van der Waals surface area contributed by atoms with E-state index in [0.717, 1.165) is 23.5 Å². The minimum Gasteiger partial charge on any atom is -0.462 e. The summed E-state index contributed by atoms with van der Waals surface area (Å²) in [6, 6.07) is 5.31. The predicted octanol–water partition coefficient (Wildman–Crippen LogP) is 3.53. The Hall–Kier alpha value is -2.63. The van der Waals surface area contributed by atoms with Gasteiger partial charge in [-0.1, -0.05) is 11.6 Å². The molecule has 2 aromatic rings. The Labute approximate surface area is 151 Å². The van der Waals surface area contributed by atoms with Crippen molar-refractivity contribution in [3.8, 4) is 6.07 Å². The molecule has 0 unspecified atom stereocenters. The zero-order chi connectivity index (χ0) is 18.6. The lowest BCUT2D eigenvalue weighted by molar-refractivity contribution is 0.0448. The summed E-state index contributed by atoms with van der Waals surface area (Å²) < 4.78 is 23.6. The number of esters is 2. The predicted molar refractivity (Wildman–Crippen MR) is 89.9 cm³/mol. The van der Waals surface area contributed by atoms with Gasteiger partial charge in [0, 0.05) is 10.6 Å². The smallest absolute Gasteiger partial charge is 0.348 e. The van der Waals surface area contributed by atoms with Crippen LogP contribution in [0.3, 0.4) is 0 Å². The van der Waals surface area contributed by atoms with E-state index in [2.05, 4.69) is 0 Å². The van der Waals surface area contributed by atoms with Gasteiger partial charge in [0.2, 0.25) is 0 Å². The average Bonchev–Trinajstić information content (AvgIpc) is 2.90. The van der Waals surface area contributed by atoms with E-state index in [1.165, 1.54) is 6.07 Å². The fraction of sp³-hybridized carbons (Fsp3) is 0.188. The second kappa shape index (κ2) is 7.96. The fourth-order valence-corrected chi connectivity index (χ4v) is 3.07. The second-order valence-corrected chi connectivity index (χ2v) is 6.17. The molecule has 9 heteroatoms. The topological polar surface area (TPSA) is 102 Å². The van der Waals surface area contributed by atoms with Gasteiger partial charge < -0.3 is 15.2 Å². The highest BCUT2D eigenvalue weighted by atomic mass is 35.5. The summed E-state index contributed by atoms with van der Waals surface area (Å²) in [7, 11) is 0. The number of nitrogens with zero attached hydrogens (tertiary/aromatic N) is 1. The van der Waals surface area contributed by atoms with Crippen LogP contribution in [0.1, 0.15) is 38.1 Å². The average molecular weight is 383 g/mol. The Morgan fingerprint density at radius 1 is 1.36 bits per heavy atom. The summed E-state index contributed by atoms with van der Waals surface area (Å²) >= 11 is 6.60. The first-order valence-corrected chi connectivity index (χ1v) is 8.19. The van der Waals surface area contributed by atoms with Gasteiger partial charge in [-0.2, -0.15) is 5.26 Å². The largest absolute Gasteiger partial charge is 0.462 e. The minimum atomic E-state index is -0.983. The summed E-state index contributed by atoms with van der Waals surface area (Å²) in [6.07, 6.45) is 0. The highest BCUT2D eigenvalue weighted by Crippen LogP contribution is 2.32. The highest BCUT2D eigenvalue weighted by molar-refractivity contribution is 7.18. The molecule has 0 saturated heterocycles. The zero-order valence-corrected chi connectivity index (χ0v) is 14.5. The minimum absolute atomic E-state index is 0.0208. The van der Waals surface area contributed by atoms with Crippen LogP contribution in [0.5, 0.6) is 0 Å². The van der Waals surface area contributed by atoms with Crippen LogP contribution in [0.15, 0.2) is 18.2 Å². The Morgan fingerprint density at radius 2 is 2.08 bits per heavy atom. The molecule has 0 bridgehead atoms. The van der Waals surface area contributed by atoms with Crippen LogP contribution in [-0.4, -0.2) is 18.5 Å². The first-order valence-electron chi connectivity index (χ1n) is 6.99. The molecule has 130 valence electrons. The third kappa shape index (κ3) is 4.07. The number of nitrogens with two attached hydrogens (primary N) is 1.